The second-order valence-corrected chi connectivity index (χ2v) is 6.68. The quantitative estimate of drug-likeness (QED) is 0.841. The van der Waals surface area contributed by atoms with E-state index in [1.54, 1.807) is 11.1 Å². The van der Waals surface area contributed by atoms with Gasteiger partial charge in [0.05, 0.1) is 0 Å². The highest BCUT2D eigenvalue weighted by molar-refractivity contribution is 5.35. The molecule has 106 valence electrons. The lowest BCUT2D eigenvalue weighted by Gasteiger charge is -2.25. The molecule has 1 heterocycles. The van der Waals surface area contributed by atoms with Gasteiger partial charge in [0.15, 0.2) is 0 Å². The first kappa shape index (κ1) is 14.6. The molecule has 1 fully saturated rings. The Labute approximate surface area is 118 Å². The van der Waals surface area contributed by atoms with Gasteiger partial charge in [0.1, 0.15) is 0 Å². The molecule has 1 saturated heterocycles. The van der Waals surface area contributed by atoms with Gasteiger partial charge in [-0.25, -0.2) is 0 Å². The van der Waals surface area contributed by atoms with Crippen molar-refractivity contribution in [1.29, 1.82) is 0 Å². The van der Waals surface area contributed by atoms with E-state index in [4.69, 9.17) is 0 Å². The molecule has 19 heavy (non-hydrogen) atoms. The summed E-state index contributed by atoms with van der Waals surface area (Å²) in [5.41, 5.74) is 4.63. The van der Waals surface area contributed by atoms with Crippen molar-refractivity contribution >= 4 is 0 Å². The van der Waals surface area contributed by atoms with Crippen molar-refractivity contribution < 1.29 is 0 Å². The Bertz CT molecular complexity index is 400. The lowest BCUT2D eigenvalue weighted by Crippen LogP contribution is -2.31. The van der Waals surface area contributed by atoms with E-state index >= 15 is 0 Å². The zero-order valence-corrected chi connectivity index (χ0v) is 13.0. The van der Waals surface area contributed by atoms with Crippen LogP contribution in [0.25, 0.3) is 0 Å². The maximum atomic E-state index is 3.54. The summed E-state index contributed by atoms with van der Waals surface area (Å²) in [6.07, 6.45) is 3.98. The van der Waals surface area contributed by atoms with Gasteiger partial charge in [-0.3, -0.25) is 0 Å². The Morgan fingerprint density at radius 3 is 2.53 bits per heavy atom. The van der Waals surface area contributed by atoms with Crippen LogP contribution in [0.1, 0.15) is 69.1 Å². The minimum atomic E-state index is 0.629. The number of hydrogen-bond donors (Lipinski definition) is 1. The minimum Gasteiger partial charge on any atom is -0.316 e. The fraction of sp³-hybridized carbons (Fsp3) is 0.667. The van der Waals surface area contributed by atoms with Gasteiger partial charge in [-0.1, -0.05) is 45.9 Å². The van der Waals surface area contributed by atoms with Crippen LogP contribution >= 0.6 is 0 Å². The molecule has 0 saturated carbocycles. The van der Waals surface area contributed by atoms with Gasteiger partial charge in [0.2, 0.25) is 0 Å². The Hall–Kier alpha value is -0.820. The molecule has 1 unspecified atom stereocenters. The Balaban J connectivity index is 2.21. The molecule has 0 aliphatic carbocycles. The molecule has 1 nitrogen and oxygen atoms in total. The third kappa shape index (κ3) is 3.82. The molecule has 1 aliphatic heterocycles. The van der Waals surface area contributed by atoms with Crippen molar-refractivity contribution in [2.45, 2.75) is 58.8 Å². The van der Waals surface area contributed by atoms with Crippen LogP contribution in [0.15, 0.2) is 18.2 Å². The van der Waals surface area contributed by atoms with Crippen molar-refractivity contribution in [2.75, 3.05) is 13.1 Å². The highest BCUT2D eigenvalue weighted by Gasteiger charge is 2.17. The number of hydrogen-bond acceptors (Lipinski definition) is 1. The molecule has 1 aromatic rings. The molecule has 1 aromatic carbocycles. The van der Waals surface area contributed by atoms with E-state index in [0.29, 0.717) is 11.8 Å². The molecule has 0 bridgehead atoms. The number of piperidine rings is 1. The highest BCUT2D eigenvalue weighted by atomic mass is 14.9. The number of benzene rings is 1. The Morgan fingerprint density at radius 2 is 1.95 bits per heavy atom. The van der Waals surface area contributed by atoms with Crippen molar-refractivity contribution in [3.8, 4) is 0 Å². The third-order valence-corrected chi connectivity index (χ3v) is 4.36. The lowest BCUT2D eigenvalue weighted by molar-refractivity contribution is 0.375. The first-order valence-corrected chi connectivity index (χ1v) is 7.91. The van der Waals surface area contributed by atoms with Gasteiger partial charge in [-0.05, 0) is 66.8 Å². The molecule has 1 aliphatic rings. The van der Waals surface area contributed by atoms with Crippen molar-refractivity contribution in [2.24, 2.45) is 5.92 Å². The van der Waals surface area contributed by atoms with E-state index in [1.807, 2.05) is 0 Å². The minimum absolute atomic E-state index is 0.629. The molecule has 1 atom stereocenters. The summed E-state index contributed by atoms with van der Waals surface area (Å²) in [5, 5.41) is 3.54. The van der Waals surface area contributed by atoms with Gasteiger partial charge < -0.3 is 5.32 Å². The Kier molecular flexibility index (Phi) is 5.04. The summed E-state index contributed by atoms with van der Waals surface area (Å²) in [4.78, 5) is 0. The summed E-state index contributed by atoms with van der Waals surface area (Å²) in [7, 11) is 0. The second kappa shape index (κ2) is 6.56. The largest absolute Gasteiger partial charge is 0.316 e. The van der Waals surface area contributed by atoms with Crippen LogP contribution in [-0.4, -0.2) is 13.1 Å². The van der Waals surface area contributed by atoms with Crippen molar-refractivity contribution in [3.63, 3.8) is 0 Å². The zero-order chi connectivity index (χ0) is 13.8. The zero-order valence-electron chi connectivity index (χ0n) is 13.0. The molecule has 0 spiro atoms. The number of rotatable bonds is 4. The van der Waals surface area contributed by atoms with E-state index < -0.39 is 0 Å². The van der Waals surface area contributed by atoms with Crippen LogP contribution in [0, 0.1) is 5.92 Å². The van der Waals surface area contributed by atoms with Crippen LogP contribution in [0.2, 0.25) is 0 Å². The molecule has 1 N–H and O–H groups in total. The molecule has 0 aromatic heterocycles. The topological polar surface area (TPSA) is 12.0 Å². The van der Waals surface area contributed by atoms with Gasteiger partial charge in [-0.15, -0.1) is 0 Å². The lowest BCUT2D eigenvalue weighted by atomic mass is 9.85. The smallest absolute Gasteiger partial charge is 0.00173 e. The molecular formula is C18H29N. The maximum absolute atomic E-state index is 3.54. The predicted molar refractivity (Wildman–Crippen MR) is 83.9 cm³/mol. The summed E-state index contributed by atoms with van der Waals surface area (Å²) in [6, 6.07) is 7.16. The molecule has 1 heteroatoms. The van der Waals surface area contributed by atoms with Crippen LogP contribution in [0.3, 0.4) is 0 Å². The predicted octanol–water partition coefficient (Wildman–Crippen LogP) is 4.48. The normalized spacial score (nSPS) is 20.2. The van der Waals surface area contributed by atoms with Crippen molar-refractivity contribution in [3.05, 3.63) is 34.9 Å². The van der Waals surface area contributed by atoms with E-state index in [-0.39, 0.29) is 0 Å². The summed E-state index contributed by atoms with van der Waals surface area (Å²) >= 11 is 0. The molecule has 0 amide bonds. The fourth-order valence-corrected chi connectivity index (χ4v) is 3.13. The average molecular weight is 259 g/mol. The average Bonchev–Trinajstić information content (AvgIpc) is 2.39. The van der Waals surface area contributed by atoms with Crippen molar-refractivity contribution in [1.82, 2.24) is 5.32 Å². The number of nitrogens with one attached hydrogen (secondary N) is 1. The van der Waals surface area contributed by atoms with E-state index in [0.717, 1.165) is 5.92 Å². The first-order chi connectivity index (χ1) is 9.08. The standard InChI is InChI=1S/C18H29N/c1-13(2)16-7-8-18(14(3)4)17(11-16)10-15-6-5-9-19-12-15/h7-8,11,13-15,19H,5-6,9-10,12H2,1-4H3. The maximum Gasteiger partial charge on any atom is -0.00173 e. The third-order valence-electron chi connectivity index (χ3n) is 4.36. The van der Waals surface area contributed by atoms with E-state index in [9.17, 15) is 0 Å². The summed E-state index contributed by atoms with van der Waals surface area (Å²) in [6.45, 7) is 11.6. The summed E-state index contributed by atoms with van der Waals surface area (Å²) < 4.78 is 0. The van der Waals surface area contributed by atoms with Crippen LogP contribution in [0.4, 0.5) is 0 Å². The second-order valence-electron chi connectivity index (χ2n) is 6.68. The Morgan fingerprint density at radius 1 is 1.16 bits per heavy atom. The summed E-state index contributed by atoms with van der Waals surface area (Å²) in [5.74, 6) is 2.09. The van der Waals surface area contributed by atoms with Gasteiger partial charge in [-0.2, -0.15) is 0 Å². The van der Waals surface area contributed by atoms with Crippen LogP contribution in [-0.2, 0) is 6.42 Å². The first-order valence-electron chi connectivity index (χ1n) is 7.91. The molecule has 2 rings (SSSR count). The van der Waals surface area contributed by atoms with Gasteiger partial charge >= 0.3 is 0 Å². The monoisotopic (exact) mass is 259 g/mol. The molecule has 0 radical (unpaired) electrons. The highest BCUT2D eigenvalue weighted by Crippen LogP contribution is 2.27. The van der Waals surface area contributed by atoms with Gasteiger partial charge in [0, 0.05) is 0 Å². The SMILES string of the molecule is CC(C)c1ccc(C(C)C)c(CC2CCCNC2)c1. The van der Waals surface area contributed by atoms with Crippen LogP contribution in [0.5, 0.6) is 0 Å². The van der Waals surface area contributed by atoms with Gasteiger partial charge in [0.25, 0.3) is 0 Å². The van der Waals surface area contributed by atoms with E-state index in [1.165, 1.54) is 37.9 Å². The molecular weight excluding hydrogens is 230 g/mol. The fourth-order valence-electron chi connectivity index (χ4n) is 3.13. The van der Waals surface area contributed by atoms with E-state index in [2.05, 4.69) is 51.2 Å². The van der Waals surface area contributed by atoms with Crippen LogP contribution < -0.4 is 5.32 Å².